The SMILES string of the molecule is C[C@@H](C(=O)Nc1ccc(Cl)cc1)N1C(=O)c2ccccc2S1(=O)=O. The molecule has 2 aromatic rings. The Morgan fingerprint density at radius 1 is 1.12 bits per heavy atom. The van der Waals surface area contributed by atoms with Crippen LogP contribution in [0, 0.1) is 0 Å². The second-order valence-corrected chi connectivity index (χ2v) is 7.49. The zero-order valence-electron chi connectivity index (χ0n) is 12.6. The van der Waals surface area contributed by atoms with Gasteiger partial charge < -0.3 is 5.32 Å². The molecule has 2 aromatic carbocycles. The number of benzene rings is 2. The Hall–Kier alpha value is -2.38. The van der Waals surface area contributed by atoms with Crippen LogP contribution in [0.5, 0.6) is 0 Å². The summed E-state index contributed by atoms with van der Waals surface area (Å²) in [6.07, 6.45) is 0. The Balaban J connectivity index is 1.87. The zero-order valence-corrected chi connectivity index (χ0v) is 14.1. The Bertz CT molecular complexity index is 925. The number of anilines is 1. The highest BCUT2D eigenvalue weighted by Crippen LogP contribution is 2.31. The number of hydrogen-bond acceptors (Lipinski definition) is 4. The van der Waals surface area contributed by atoms with E-state index < -0.39 is 27.9 Å². The van der Waals surface area contributed by atoms with E-state index in [1.807, 2.05) is 0 Å². The molecule has 124 valence electrons. The Morgan fingerprint density at radius 3 is 2.38 bits per heavy atom. The predicted octanol–water partition coefficient (Wildman–Crippen LogP) is 2.51. The van der Waals surface area contributed by atoms with E-state index in [0.717, 1.165) is 0 Å². The van der Waals surface area contributed by atoms with Crippen molar-refractivity contribution in [1.82, 2.24) is 4.31 Å². The lowest BCUT2D eigenvalue weighted by Gasteiger charge is -2.22. The third kappa shape index (κ3) is 2.65. The number of sulfonamides is 1. The van der Waals surface area contributed by atoms with Gasteiger partial charge in [-0.1, -0.05) is 23.7 Å². The van der Waals surface area contributed by atoms with Crippen molar-refractivity contribution in [2.75, 3.05) is 5.32 Å². The molecule has 1 N–H and O–H groups in total. The number of rotatable bonds is 3. The van der Waals surface area contributed by atoms with Crippen molar-refractivity contribution in [1.29, 1.82) is 0 Å². The van der Waals surface area contributed by atoms with E-state index in [1.54, 1.807) is 30.3 Å². The number of carbonyl (C=O) groups excluding carboxylic acids is 2. The van der Waals surface area contributed by atoms with Crippen LogP contribution in [0.3, 0.4) is 0 Å². The van der Waals surface area contributed by atoms with Crippen molar-refractivity contribution in [3.63, 3.8) is 0 Å². The lowest BCUT2D eigenvalue weighted by Crippen LogP contribution is -2.45. The van der Waals surface area contributed by atoms with Crippen LogP contribution in [0.2, 0.25) is 5.02 Å². The van der Waals surface area contributed by atoms with Crippen LogP contribution >= 0.6 is 11.6 Å². The molecule has 0 radical (unpaired) electrons. The topological polar surface area (TPSA) is 83.6 Å². The molecule has 24 heavy (non-hydrogen) atoms. The van der Waals surface area contributed by atoms with Crippen LogP contribution in [0.15, 0.2) is 53.4 Å². The lowest BCUT2D eigenvalue weighted by atomic mass is 10.2. The number of halogens is 1. The van der Waals surface area contributed by atoms with Crippen molar-refractivity contribution in [3.05, 3.63) is 59.1 Å². The molecule has 0 saturated carbocycles. The van der Waals surface area contributed by atoms with Gasteiger partial charge in [0.15, 0.2) is 0 Å². The molecule has 0 fully saturated rings. The number of nitrogens with one attached hydrogen (secondary N) is 1. The van der Waals surface area contributed by atoms with Gasteiger partial charge in [-0.25, -0.2) is 12.7 Å². The van der Waals surface area contributed by atoms with Gasteiger partial charge in [0.25, 0.3) is 15.9 Å². The number of fused-ring (bicyclic) bond motifs is 1. The minimum absolute atomic E-state index is 0.0728. The molecule has 2 amide bonds. The maximum Gasteiger partial charge on any atom is 0.269 e. The van der Waals surface area contributed by atoms with E-state index in [-0.39, 0.29) is 10.5 Å². The van der Waals surface area contributed by atoms with E-state index in [4.69, 9.17) is 11.6 Å². The molecule has 1 aliphatic heterocycles. The second-order valence-electron chi connectivity index (χ2n) is 5.27. The normalized spacial score (nSPS) is 16.6. The molecule has 0 spiro atoms. The molecule has 3 rings (SSSR count). The number of hydrogen-bond donors (Lipinski definition) is 1. The molecule has 1 heterocycles. The van der Waals surface area contributed by atoms with E-state index in [0.29, 0.717) is 15.0 Å². The van der Waals surface area contributed by atoms with Crippen LogP contribution in [-0.2, 0) is 14.8 Å². The molecule has 1 aliphatic rings. The summed E-state index contributed by atoms with van der Waals surface area (Å²) in [6.45, 7) is 1.37. The summed E-state index contributed by atoms with van der Waals surface area (Å²) in [6, 6.07) is 11.1. The van der Waals surface area contributed by atoms with Gasteiger partial charge in [0.1, 0.15) is 10.9 Å². The summed E-state index contributed by atoms with van der Waals surface area (Å²) < 4.78 is 25.7. The van der Waals surface area contributed by atoms with Crippen LogP contribution in [0.1, 0.15) is 17.3 Å². The van der Waals surface area contributed by atoms with Gasteiger partial charge in [-0.2, -0.15) is 0 Å². The highest BCUT2D eigenvalue weighted by molar-refractivity contribution is 7.90. The summed E-state index contributed by atoms with van der Waals surface area (Å²) in [7, 11) is -4.04. The minimum atomic E-state index is -4.04. The fourth-order valence-corrected chi connectivity index (χ4v) is 4.32. The van der Waals surface area contributed by atoms with Gasteiger partial charge in [-0.05, 0) is 43.3 Å². The fraction of sp³-hybridized carbons (Fsp3) is 0.125. The van der Waals surface area contributed by atoms with Crippen molar-refractivity contribution in [3.8, 4) is 0 Å². The van der Waals surface area contributed by atoms with Gasteiger partial charge in [0, 0.05) is 10.7 Å². The Morgan fingerprint density at radius 2 is 1.75 bits per heavy atom. The van der Waals surface area contributed by atoms with E-state index >= 15 is 0 Å². The second kappa shape index (κ2) is 5.92. The van der Waals surface area contributed by atoms with E-state index in [1.165, 1.54) is 25.1 Å². The van der Waals surface area contributed by atoms with Gasteiger partial charge in [0.2, 0.25) is 5.91 Å². The van der Waals surface area contributed by atoms with Gasteiger partial charge in [-0.15, -0.1) is 0 Å². The maximum atomic E-state index is 12.5. The highest BCUT2D eigenvalue weighted by Gasteiger charge is 2.45. The zero-order chi connectivity index (χ0) is 17.5. The molecule has 0 unspecified atom stereocenters. The summed E-state index contributed by atoms with van der Waals surface area (Å²) in [5.74, 6) is -1.31. The first-order valence-corrected chi connectivity index (χ1v) is 8.88. The highest BCUT2D eigenvalue weighted by atomic mass is 35.5. The summed E-state index contributed by atoms with van der Waals surface area (Å²) >= 11 is 5.78. The average molecular weight is 365 g/mol. The number of nitrogens with zero attached hydrogens (tertiary/aromatic N) is 1. The van der Waals surface area contributed by atoms with Crippen molar-refractivity contribution in [2.24, 2.45) is 0 Å². The third-order valence-corrected chi connectivity index (χ3v) is 5.86. The van der Waals surface area contributed by atoms with E-state index in [9.17, 15) is 18.0 Å². The van der Waals surface area contributed by atoms with Gasteiger partial charge in [-0.3, -0.25) is 9.59 Å². The third-order valence-electron chi connectivity index (χ3n) is 3.70. The summed E-state index contributed by atoms with van der Waals surface area (Å²) in [4.78, 5) is 24.7. The minimum Gasteiger partial charge on any atom is -0.324 e. The predicted molar refractivity (Wildman–Crippen MR) is 89.3 cm³/mol. The fourth-order valence-electron chi connectivity index (χ4n) is 2.47. The van der Waals surface area contributed by atoms with Gasteiger partial charge >= 0.3 is 0 Å². The Kier molecular flexibility index (Phi) is 4.06. The molecule has 1 atom stereocenters. The first kappa shape index (κ1) is 16.5. The number of carbonyl (C=O) groups is 2. The van der Waals surface area contributed by atoms with Crippen LogP contribution in [0.25, 0.3) is 0 Å². The first-order chi connectivity index (χ1) is 11.3. The Labute approximate surface area is 144 Å². The summed E-state index contributed by atoms with van der Waals surface area (Å²) in [5.41, 5.74) is 0.529. The van der Waals surface area contributed by atoms with Crippen molar-refractivity contribution < 1.29 is 18.0 Å². The summed E-state index contributed by atoms with van der Waals surface area (Å²) in [5, 5.41) is 3.08. The molecule has 0 aromatic heterocycles. The van der Waals surface area contributed by atoms with Crippen molar-refractivity contribution >= 4 is 39.1 Å². The molecule has 0 bridgehead atoms. The molecular weight excluding hydrogens is 352 g/mol. The van der Waals surface area contributed by atoms with Crippen LogP contribution in [-0.4, -0.2) is 30.6 Å². The first-order valence-electron chi connectivity index (χ1n) is 7.06. The molecule has 0 saturated heterocycles. The number of amides is 2. The largest absolute Gasteiger partial charge is 0.324 e. The lowest BCUT2D eigenvalue weighted by molar-refractivity contribution is -0.118. The van der Waals surface area contributed by atoms with Gasteiger partial charge in [0.05, 0.1) is 5.56 Å². The van der Waals surface area contributed by atoms with Crippen LogP contribution < -0.4 is 5.32 Å². The van der Waals surface area contributed by atoms with Crippen molar-refractivity contribution in [2.45, 2.75) is 17.9 Å². The maximum absolute atomic E-state index is 12.5. The molecule has 6 nitrogen and oxygen atoms in total. The smallest absolute Gasteiger partial charge is 0.269 e. The van der Waals surface area contributed by atoms with E-state index in [2.05, 4.69) is 5.32 Å². The molecular formula is C16H13ClN2O4S. The average Bonchev–Trinajstić information content (AvgIpc) is 2.76. The molecule has 8 heteroatoms. The molecule has 0 aliphatic carbocycles. The van der Waals surface area contributed by atoms with Crippen LogP contribution in [0.4, 0.5) is 5.69 Å². The quantitative estimate of drug-likeness (QED) is 0.907. The monoisotopic (exact) mass is 364 g/mol. The standard InChI is InChI=1S/C16H13ClN2O4S/c1-10(15(20)18-12-8-6-11(17)7-9-12)19-16(21)13-4-2-3-5-14(13)24(19,22)23/h2-10H,1H3,(H,18,20)/t10-/m0/s1.